The molecule has 0 atom stereocenters. The summed E-state index contributed by atoms with van der Waals surface area (Å²) < 4.78 is 0. The molecular weight excluding hydrogens is 264 g/mol. The van der Waals surface area contributed by atoms with Crippen LogP contribution in [0.3, 0.4) is 0 Å². The molecule has 0 spiro atoms. The van der Waals surface area contributed by atoms with Crippen molar-refractivity contribution in [2.24, 2.45) is 0 Å². The molecular formula is C22H22. The highest BCUT2D eigenvalue weighted by atomic mass is 14.1. The largest absolute Gasteiger partial charge is 0.0613 e. The SMILES string of the molecule is CCc1ccc(-c2ccc(-c3ccc(C)c(C)c3)cc2)cc1. The fourth-order valence-electron chi connectivity index (χ4n) is 2.71. The van der Waals surface area contributed by atoms with Gasteiger partial charge in [-0.2, -0.15) is 0 Å². The number of benzene rings is 3. The quantitative estimate of drug-likeness (QED) is 0.537. The minimum absolute atomic E-state index is 1.09. The summed E-state index contributed by atoms with van der Waals surface area (Å²) in [5.41, 5.74) is 9.19. The molecule has 110 valence electrons. The van der Waals surface area contributed by atoms with Gasteiger partial charge in [0, 0.05) is 0 Å². The Labute approximate surface area is 133 Å². The number of hydrogen-bond acceptors (Lipinski definition) is 0. The van der Waals surface area contributed by atoms with Crippen LogP contribution in [0.1, 0.15) is 23.6 Å². The molecule has 0 N–H and O–H groups in total. The molecule has 3 aromatic rings. The predicted molar refractivity (Wildman–Crippen MR) is 96.2 cm³/mol. The lowest BCUT2D eigenvalue weighted by molar-refractivity contribution is 1.14. The van der Waals surface area contributed by atoms with Crippen molar-refractivity contribution < 1.29 is 0 Å². The summed E-state index contributed by atoms with van der Waals surface area (Å²) in [6, 6.07) is 24.4. The van der Waals surface area contributed by atoms with Crippen LogP contribution in [-0.4, -0.2) is 0 Å². The summed E-state index contributed by atoms with van der Waals surface area (Å²) in [6.45, 7) is 6.51. The van der Waals surface area contributed by atoms with Gasteiger partial charge in [-0.25, -0.2) is 0 Å². The van der Waals surface area contributed by atoms with Gasteiger partial charge >= 0.3 is 0 Å². The average molecular weight is 286 g/mol. The van der Waals surface area contributed by atoms with Gasteiger partial charge in [0.1, 0.15) is 0 Å². The van der Waals surface area contributed by atoms with Gasteiger partial charge in [-0.15, -0.1) is 0 Å². The molecule has 0 aliphatic carbocycles. The Balaban J connectivity index is 1.89. The van der Waals surface area contributed by atoms with Crippen LogP contribution in [0.5, 0.6) is 0 Å². The molecule has 0 saturated heterocycles. The second-order valence-corrected chi connectivity index (χ2v) is 5.93. The van der Waals surface area contributed by atoms with Crippen LogP contribution in [-0.2, 0) is 6.42 Å². The molecule has 0 fully saturated rings. The van der Waals surface area contributed by atoms with Gasteiger partial charge in [-0.1, -0.05) is 73.7 Å². The molecule has 0 amide bonds. The normalized spacial score (nSPS) is 10.7. The predicted octanol–water partition coefficient (Wildman–Crippen LogP) is 6.20. The van der Waals surface area contributed by atoms with Crippen molar-refractivity contribution >= 4 is 0 Å². The van der Waals surface area contributed by atoms with Crippen molar-refractivity contribution in [3.8, 4) is 22.3 Å². The third kappa shape index (κ3) is 2.96. The van der Waals surface area contributed by atoms with Gasteiger partial charge in [0.15, 0.2) is 0 Å². The lowest BCUT2D eigenvalue weighted by atomic mass is 9.97. The molecule has 0 saturated carbocycles. The van der Waals surface area contributed by atoms with Crippen molar-refractivity contribution in [2.45, 2.75) is 27.2 Å². The van der Waals surface area contributed by atoms with E-state index in [1.165, 1.54) is 38.9 Å². The van der Waals surface area contributed by atoms with Gasteiger partial charge in [0.25, 0.3) is 0 Å². The molecule has 0 heteroatoms. The zero-order valence-electron chi connectivity index (χ0n) is 13.6. The van der Waals surface area contributed by atoms with Gasteiger partial charge in [0.05, 0.1) is 0 Å². The van der Waals surface area contributed by atoms with E-state index in [0.29, 0.717) is 0 Å². The number of hydrogen-bond donors (Lipinski definition) is 0. The first-order valence-electron chi connectivity index (χ1n) is 7.94. The van der Waals surface area contributed by atoms with Crippen LogP contribution >= 0.6 is 0 Å². The van der Waals surface area contributed by atoms with Crippen LogP contribution < -0.4 is 0 Å². The Hall–Kier alpha value is -2.34. The van der Waals surface area contributed by atoms with Crippen LogP contribution in [0.2, 0.25) is 0 Å². The van der Waals surface area contributed by atoms with E-state index in [-0.39, 0.29) is 0 Å². The molecule has 0 radical (unpaired) electrons. The van der Waals surface area contributed by atoms with Gasteiger partial charge in [-0.3, -0.25) is 0 Å². The molecule has 0 aliphatic heterocycles. The maximum absolute atomic E-state index is 2.26. The molecule has 0 aromatic heterocycles. The first kappa shape index (κ1) is 14.6. The Morgan fingerprint density at radius 3 is 1.50 bits per heavy atom. The van der Waals surface area contributed by atoms with E-state index in [1.807, 2.05) is 0 Å². The van der Waals surface area contributed by atoms with E-state index in [0.717, 1.165) is 6.42 Å². The summed E-state index contributed by atoms with van der Waals surface area (Å²) in [5, 5.41) is 0. The zero-order chi connectivity index (χ0) is 15.5. The number of aryl methyl sites for hydroxylation is 3. The van der Waals surface area contributed by atoms with Crippen LogP contribution in [0.25, 0.3) is 22.3 Å². The molecule has 0 nitrogen and oxygen atoms in total. The Morgan fingerprint density at radius 2 is 1.00 bits per heavy atom. The standard InChI is InChI=1S/C22H22/c1-4-18-6-9-19(10-7-18)20-11-13-21(14-12-20)22-8-5-16(2)17(3)15-22/h5-15H,4H2,1-3H3. The summed E-state index contributed by atoms with van der Waals surface area (Å²) in [6.07, 6.45) is 1.09. The second kappa shape index (κ2) is 6.19. The molecule has 0 bridgehead atoms. The maximum atomic E-state index is 2.26. The highest BCUT2D eigenvalue weighted by molar-refractivity contribution is 5.71. The first-order chi connectivity index (χ1) is 10.7. The zero-order valence-corrected chi connectivity index (χ0v) is 13.6. The van der Waals surface area contributed by atoms with E-state index in [4.69, 9.17) is 0 Å². The van der Waals surface area contributed by atoms with Crippen molar-refractivity contribution in [2.75, 3.05) is 0 Å². The minimum Gasteiger partial charge on any atom is -0.0613 e. The van der Waals surface area contributed by atoms with E-state index in [1.54, 1.807) is 0 Å². The smallest absolute Gasteiger partial charge is 0.0181 e. The summed E-state index contributed by atoms with van der Waals surface area (Å²) in [4.78, 5) is 0. The monoisotopic (exact) mass is 286 g/mol. The third-order valence-corrected chi connectivity index (χ3v) is 4.42. The molecule has 22 heavy (non-hydrogen) atoms. The maximum Gasteiger partial charge on any atom is -0.0181 e. The van der Waals surface area contributed by atoms with Crippen molar-refractivity contribution in [1.29, 1.82) is 0 Å². The average Bonchev–Trinajstić information content (AvgIpc) is 2.58. The van der Waals surface area contributed by atoms with Gasteiger partial charge in [-0.05, 0) is 59.2 Å². The lowest BCUT2D eigenvalue weighted by Crippen LogP contribution is -1.85. The molecule has 0 aliphatic rings. The first-order valence-corrected chi connectivity index (χ1v) is 7.94. The second-order valence-electron chi connectivity index (χ2n) is 5.93. The fraction of sp³-hybridized carbons (Fsp3) is 0.182. The van der Waals surface area contributed by atoms with E-state index >= 15 is 0 Å². The highest BCUT2D eigenvalue weighted by Crippen LogP contribution is 2.26. The van der Waals surface area contributed by atoms with E-state index in [2.05, 4.69) is 87.5 Å². The Bertz CT molecular complexity index is 762. The van der Waals surface area contributed by atoms with Crippen LogP contribution in [0.15, 0.2) is 66.7 Å². The topological polar surface area (TPSA) is 0 Å². The summed E-state index contributed by atoms with van der Waals surface area (Å²) in [5.74, 6) is 0. The van der Waals surface area contributed by atoms with Crippen molar-refractivity contribution in [1.82, 2.24) is 0 Å². The lowest BCUT2D eigenvalue weighted by Gasteiger charge is -2.08. The fourth-order valence-corrected chi connectivity index (χ4v) is 2.71. The Morgan fingerprint density at radius 1 is 0.545 bits per heavy atom. The van der Waals surface area contributed by atoms with Crippen LogP contribution in [0, 0.1) is 13.8 Å². The van der Waals surface area contributed by atoms with Crippen LogP contribution in [0.4, 0.5) is 0 Å². The minimum atomic E-state index is 1.09. The highest BCUT2D eigenvalue weighted by Gasteiger charge is 2.02. The molecule has 0 heterocycles. The van der Waals surface area contributed by atoms with Gasteiger partial charge < -0.3 is 0 Å². The third-order valence-electron chi connectivity index (χ3n) is 4.42. The number of rotatable bonds is 3. The van der Waals surface area contributed by atoms with Gasteiger partial charge in [0.2, 0.25) is 0 Å². The molecule has 3 aromatic carbocycles. The summed E-state index contributed by atoms with van der Waals surface area (Å²) in [7, 11) is 0. The van der Waals surface area contributed by atoms with E-state index in [9.17, 15) is 0 Å². The molecule has 3 rings (SSSR count). The van der Waals surface area contributed by atoms with Crippen molar-refractivity contribution in [3.05, 3.63) is 83.4 Å². The van der Waals surface area contributed by atoms with Crippen molar-refractivity contribution in [3.63, 3.8) is 0 Å². The molecule has 0 unspecified atom stereocenters. The summed E-state index contributed by atoms with van der Waals surface area (Å²) >= 11 is 0. The van der Waals surface area contributed by atoms with E-state index < -0.39 is 0 Å². The Kier molecular flexibility index (Phi) is 4.11.